The van der Waals surface area contributed by atoms with Crippen LogP contribution in [0.1, 0.15) is 28.8 Å². The first kappa shape index (κ1) is 20.8. The van der Waals surface area contributed by atoms with Gasteiger partial charge < -0.3 is 10.2 Å². The van der Waals surface area contributed by atoms with E-state index in [9.17, 15) is 19.7 Å². The molecule has 0 saturated heterocycles. The molecule has 2 aromatic carbocycles. The van der Waals surface area contributed by atoms with E-state index >= 15 is 0 Å². The Morgan fingerprint density at radius 1 is 1.17 bits per heavy atom. The van der Waals surface area contributed by atoms with Crippen molar-refractivity contribution in [1.29, 1.82) is 0 Å². The SMILES string of the molecule is Cc1nc(CN(C)C(=O)C(C)NC(=O)c2cccc([N+](=O)[O-])c2)nc2ccccc12. The number of carbonyl (C=O) groups excluding carboxylic acids is 2. The largest absolute Gasteiger partial charge is 0.341 e. The van der Waals surface area contributed by atoms with Crippen molar-refractivity contribution >= 4 is 28.4 Å². The van der Waals surface area contributed by atoms with Crippen LogP contribution in [0.25, 0.3) is 10.9 Å². The number of hydrogen-bond acceptors (Lipinski definition) is 6. The van der Waals surface area contributed by atoms with Crippen LogP contribution in [-0.2, 0) is 11.3 Å². The van der Waals surface area contributed by atoms with Crippen molar-refractivity contribution in [3.05, 3.63) is 75.7 Å². The Labute approximate surface area is 172 Å². The third-order valence-electron chi connectivity index (χ3n) is 4.63. The van der Waals surface area contributed by atoms with E-state index in [4.69, 9.17) is 0 Å². The number of benzene rings is 2. The number of nitrogens with one attached hydrogen (secondary N) is 1. The Bertz CT molecular complexity index is 1130. The van der Waals surface area contributed by atoms with Crippen molar-refractivity contribution in [2.24, 2.45) is 0 Å². The molecule has 0 saturated carbocycles. The number of amides is 2. The van der Waals surface area contributed by atoms with E-state index in [0.29, 0.717) is 5.82 Å². The smallest absolute Gasteiger partial charge is 0.270 e. The van der Waals surface area contributed by atoms with Crippen molar-refractivity contribution in [1.82, 2.24) is 20.2 Å². The molecular formula is C21H21N5O4. The molecule has 0 aliphatic carbocycles. The molecule has 2 amide bonds. The zero-order valence-corrected chi connectivity index (χ0v) is 16.8. The Kier molecular flexibility index (Phi) is 6.01. The summed E-state index contributed by atoms with van der Waals surface area (Å²) < 4.78 is 0. The number of carbonyl (C=O) groups is 2. The van der Waals surface area contributed by atoms with Crippen molar-refractivity contribution < 1.29 is 14.5 Å². The first-order valence-corrected chi connectivity index (χ1v) is 9.29. The molecule has 0 aliphatic rings. The number of para-hydroxylation sites is 1. The highest BCUT2D eigenvalue weighted by atomic mass is 16.6. The first-order chi connectivity index (χ1) is 14.3. The maximum absolute atomic E-state index is 12.7. The fourth-order valence-electron chi connectivity index (χ4n) is 3.09. The van der Waals surface area contributed by atoms with Crippen LogP contribution in [0.2, 0.25) is 0 Å². The number of nitrogens with zero attached hydrogens (tertiary/aromatic N) is 4. The summed E-state index contributed by atoms with van der Waals surface area (Å²) in [6.45, 7) is 3.62. The summed E-state index contributed by atoms with van der Waals surface area (Å²) in [4.78, 5) is 45.8. The maximum atomic E-state index is 12.7. The molecule has 3 aromatic rings. The number of likely N-dealkylation sites (N-methyl/N-ethyl adjacent to an activating group) is 1. The number of hydrogen-bond donors (Lipinski definition) is 1. The molecule has 1 N–H and O–H groups in total. The average Bonchev–Trinajstić information content (AvgIpc) is 2.73. The maximum Gasteiger partial charge on any atom is 0.270 e. The van der Waals surface area contributed by atoms with Gasteiger partial charge in [0.15, 0.2) is 0 Å². The number of rotatable bonds is 6. The van der Waals surface area contributed by atoms with E-state index in [1.807, 2.05) is 31.2 Å². The minimum absolute atomic E-state index is 0.111. The average molecular weight is 407 g/mol. The van der Waals surface area contributed by atoms with Crippen LogP contribution in [0.4, 0.5) is 5.69 Å². The highest BCUT2D eigenvalue weighted by molar-refractivity contribution is 5.97. The number of aryl methyl sites for hydroxylation is 1. The van der Waals surface area contributed by atoms with E-state index in [1.54, 1.807) is 14.0 Å². The fraction of sp³-hybridized carbons (Fsp3) is 0.238. The monoisotopic (exact) mass is 407 g/mol. The molecule has 0 bridgehead atoms. The van der Waals surface area contributed by atoms with Crippen molar-refractivity contribution in [2.45, 2.75) is 26.4 Å². The van der Waals surface area contributed by atoms with Gasteiger partial charge in [-0.1, -0.05) is 24.3 Å². The molecule has 30 heavy (non-hydrogen) atoms. The summed E-state index contributed by atoms with van der Waals surface area (Å²) in [7, 11) is 1.60. The number of non-ortho nitro benzene ring substituents is 1. The minimum atomic E-state index is -0.830. The van der Waals surface area contributed by atoms with E-state index in [0.717, 1.165) is 16.6 Å². The molecule has 1 atom stereocenters. The summed E-state index contributed by atoms with van der Waals surface area (Å²) in [5, 5.41) is 14.4. The number of aromatic nitrogens is 2. The molecule has 9 nitrogen and oxygen atoms in total. The predicted octanol–water partition coefficient (Wildman–Crippen LogP) is 2.62. The van der Waals surface area contributed by atoms with E-state index in [1.165, 1.54) is 29.2 Å². The summed E-state index contributed by atoms with van der Waals surface area (Å²) in [5.41, 5.74) is 1.54. The topological polar surface area (TPSA) is 118 Å². The third-order valence-corrected chi connectivity index (χ3v) is 4.63. The van der Waals surface area contributed by atoms with Gasteiger partial charge in [-0.05, 0) is 26.0 Å². The minimum Gasteiger partial charge on any atom is -0.341 e. The lowest BCUT2D eigenvalue weighted by molar-refractivity contribution is -0.384. The van der Waals surface area contributed by atoms with Gasteiger partial charge in [0, 0.05) is 35.8 Å². The number of fused-ring (bicyclic) bond motifs is 1. The van der Waals surface area contributed by atoms with Crippen molar-refractivity contribution in [3.63, 3.8) is 0 Å². The Morgan fingerprint density at radius 3 is 2.63 bits per heavy atom. The molecule has 0 aliphatic heterocycles. The van der Waals surface area contributed by atoms with Crippen LogP contribution >= 0.6 is 0 Å². The zero-order valence-electron chi connectivity index (χ0n) is 16.8. The molecule has 1 unspecified atom stereocenters. The van der Waals surface area contributed by atoms with Crippen LogP contribution in [-0.4, -0.2) is 44.7 Å². The molecule has 1 heterocycles. The van der Waals surface area contributed by atoms with Crippen LogP contribution < -0.4 is 5.32 Å². The Hall–Kier alpha value is -3.88. The van der Waals surface area contributed by atoms with Gasteiger partial charge in [-0.3, -0.25) is 19.7 Å². The quantitative estimate of drug-likeness (QED) is 0.496. The molecule has 1 aromatic heterocycles. The molecule has 0 radical (unpaired) electrons. The van der Waals surface area contributed by atoms with Crippen molar-refractivity contribution in [2.75, 3.05) is 7.05 Å². The number of nitro groups is 1. The van der Waals surface area contributed by atoms with Gasteiger partial charge in [0.25, 0.3) is 11.6 Å². The molecule has 3 rings (SSSR count). The molecular weight excluding hydrogens is 386 g/mol. The molecule has 154 valence electrons. The van der Waals surface area contributed by atoms with Gasteiger partial charge >= 0.3 is 0 Å². The first-order valence-electron chi connectivity index (χ1n) is 9.29. The van der Waals surface area contributed by atoms with Crippen LogP contribution in [0.3, 0.4) is 0 Å². The van der Waals surface area contributed by atoms with Crippen LogP contribution in [0.15, 0.2) is 48.5 Å². The van der Waals surface area contributed by atoms with Gasteiger partial charge in [0.1, 0.15) is 11.9 Å². The standard InChI is InChI=1S/C21H21N5O4/c1-13-17-9-4-5-10-18(17)24-19(22-13)12-25(3)21(28)14(2)23-20(27)15-7-6-8-16(11-15)26(29)30/h4-11,14H,12H2,1-3H3,(H,23,27). The molecule has 0 spiro atoms. The molecule has 9 heteroatoms. The van der Waals surface area contributed by atoms with Gasteiger partial charge in [-0.2, -0.15) is 0 Å². The zero-order chi connectivity index (χ0) is 21.8. The van der Waals surface area contributed by atoms with Gasteiger partial charge in [0.2, 0.25) is 5.91 Å². The lowest BCUT2D eigenvalue weighted by Crippen LogP contribution is -2.45. The van der Waals surface area contributed by atoms with E-state index in [2.05, 4.69) is 15.3 Å². The van der Waals surface area contributed by atoms with Crippen LogP contribution in [0.5, 0.6) is 0 Å². The highest BCUT2D eigenvalue weighted by Crippen LogP contribution is 2.16. The van der Waals surface area contributed by atoms with Gasteiger partial charge in [-0.25, -0.2) is 9.97 Å². The molecule has 0 fully saturated rings. The second-order valence-corrected chi connectivity index (χ2v) is 6.94. The van der Waals surface area contributed by atoms with Gasteiger partial charge in [-0.15, -0.1) is 0 Å². The van der Waals surface area contributed by atoms with E-state index < -0.39 is 16.9 Å². The summed E-state index contributed by atoms with van der Waals surface area (Å²) in [6.07, 6.45) is 0. The summed E-state index contributed by atoms with van der Waals surface area (Å²) in [6, 6.07) is 12.1. The number of nitro benzene ring substituents is 1. The third kappa shape index (κ3) is 4.57. The van der Waals surface area contributed by atoms with Crippen LogP contribution in [0, 0.1) is 17.0 Å². The predicted molar refractivity (Wildman–Crippen MR) is 111 cm³/mol. The lowest BCUT2D eigenvalue weighted by Gasteiger charge is -2.22. The highest BCUT2D eigenvalue weighted by Gasteiger charge is 2.22. The lowest BCUT2D eigenvalue weighted by atomic mass is 10.1. The summed E-state index contributed by atoms with van der Waals surface area (Å²) >= 11 is 0. The Morgan fingerprint density at radius 2 is 1.90 bits per heavy atom. The second-order valence-electron chi connectivity index (χ2n) is 6.94. The summed E-state index contributed by atoms with van der Waals surface area (Å²) in [5.74, 6) is -0.395. The van der Waals surface area contributed by atoms with E-state index in [-0.39, 0.29) is 23.7 Å². The fourth-order valence-corrected chi connectivity index (χ4v) is 3.09. The second kappa shape index (κ2) is 8.64. The van der Waals surface area contributed by atoms with Gasteiger partial charge in [0.05, 0.1) is 17.0 Å². The van der Waals surface area contributed by atoms with Crippen molar-refractivity contribution in [3.8, 4) is 0 Å². The normalized spacial score (nSPS) is 11.7. The Balaban J connectivity index is 1.67.